The number of benzene rings is 2. The van der Waals surface area contributed by atoms with Crippen molar-refractivity contribution in [1.82, 2.24) is 9.62 Å². The van der Waals surface area contributed by atoms with E-state index in [0.717, 1.165) is 62.3 Å². The predicted octanol–water partition coefficient (Wildman–Crippen LogP) is 6.65. The number of halogens is 1. The molecule has 1 saturated heterocycles. The SMILES string of the molecule is COC[C@@H]1CCN(C(=O)NS2(=O)=NC(=O)c3ccc4c(c3)N(C[C@@H]3CC[C@H]3[C@@H](OC)/C=C\C[C@H](C)C2)C[C@@]2(CCCc3cc(Cl)ccc32)CO4)C1. The molecule has 2 aromatic rings. The van der Waals surface area contributed by atoms with Crippen molar-refractivity contribution < 1.29 is 28.0 Å². The molecule has 12 heteroatoms. The summed E-state index contributed by atoms with van der Waals surface area (Å²) in [5, 5.41) is 0.745. The van der Waals surface area contributed by atoms with E-state index < -0.39 is 21.9 Å². The number of rotatable bonds is 4. The quantitative estimate of drug-likeness (QED) is 0.350. The maximum atomic E-state index is 14.6. The van der Waals surface area contributed by atoms with Gasteiger partial charge in [0.15, 0.2) is 0 Å². The molecule has 2 aliphatic carbocycles. The van der Waals surface area contributed by atoms with E-state index in [1.807, 2.05) is 25.1 Å². The maximum absolute atomic E-state index is 14.6. The zero-order valence-electron chi connectivity index (χ0n) is 30.0. The highest BCUT2D eigenvalue weighted by atomic mass is 35.5. The molecule has 0 radical (unpaired) electrons. The summed E-state index contributed by atoms with van der Waals surface area (Å²) in [6.07, 6.45) is 10.8. The lowest BCUT2D eigenvalue weighted by molar-refractivity contribution is 0.0131. The number of fused-ring (bicyclic) bond motifs is 4. The molecule has 7 rings (SSSR count). The van der Waals surface area contributed by atoms with Crippen LogP contribution in [-0.4, -0.2) is 86.5 Å². The van der Waals surface area contributed by atoms with Crippen LogP contribution in [0.5, 0.6) is 5.75 Å². The summed E-state index contributed by atoms with van der Waals surface area (Å²) in [5.41, 5.74) is 3.45. The molecule has 1 N–H and O–H groups in total. The molecule has 3 aliphatic heterocycles. The molecular formula is C39H51ClN4O6S. The molecule has 5 aliphatic rings. The van der Waals surface area contributed by atoms with Crippen molar-refractivity contribution in [2.45, 2.75) is 63.4 Å². The second kappa shape index (κ2) is 15.1. The Morgan fingerprint density at radius 1 is 1.16 bits per heavy atom. The van der Waals surface area contributed by atoms with Gasteiger partial charge in [0.2, 0.25) is 0 Å². The normalized spacial score (nSPS) is 32.9. The Kier molecular flexibility index (Phi) is 10.7. The van der Waals surface area contributed by atoms with Gasteiger partial charge in [-0.2, -0.15) is 0 Å². The van der Waals surface area contributed by atoms with Crippen molar-refractivity contribution in [1.29, 1.82) is 0 Å². The lowest BCUT2D eigenvalue weighted by Crippen LogP contribution is -2.49. The largest absolute Gasteiger partial charge is 0.490 e. The second-order valence-corrected chi connectivity index (χ2v) is 17.9. The number of methoxy groups -OCH3 is 2. The number of carbonyl (C=O) groups is 2. The number of likely N-dealkylation sites (tertiary alicyclic amines) is 1. The van der Waals surface area contributed by atoms with Crippen molar-refractivity contribution in [2.75, 3.05) is 64.3 Å². The number of aryl methyl sites for hydroxylation is 1. The van der Waals surface area contributed by atoms with Crippen molar-refractivity contribution >= 4 is 39.1 Å². The highest BCUT2D eigenvalue weighted by Crippen LogP contribution is 2.47. The average Bonchev–Trinajstić information content (AvgIpc) is 3.50. The number of hydrogen-bond donors (Lipinski definition) is 1. The second-order valence-electron chi connectivity index (χ2n) is 15.4. The molecule has 1 unspecified atom stereocenters. The lowest BCUT2D eigenvalue weighted by atomic mass is 9.68. The lowest BCUT2D eigenvalue weighted by Gasteiger charge is -2.46. The minimum absolute atomic E-state index is 0.0417. The van der Waals surface area contributed by atoms with Crippen LogP contribution in [-0.2, 0) is 31.2 Å². The summed E-state index contributed by atoms with van der Waals surface area (Å²) >= 11 is 6.46. The number of nitrogens with one attached hydrogen (secondary N) is 1. The minimum atomic E-state index is -3.48. The summed E-state index contributed by atoms with van der Waals surface area (Å²) in [5.74, 6) is 0.981. The van der Waals surface area contributed by atoms with Gasteiger partial charge < -0.3 is 24.0 Å². The van der Waals surface area contributed by atoms with Crippen LogP contribution in [0.4, 0.5) is 10.5 Å². The Bertz CT molecular complexity index is 1790. The zero-order chi connectivity index (χ0) is 35.8. The Hall–Kier alpha value is -3.12. The van der Waals surface area contributed by atoms with Crippen LogP contribution >= 0.6 is 11.6 Å². The maximum Gasteiger partial charge on any atom is 0.329 e. The first-order valence-corrected chi connectivity index (χ1v) is 20.5. The first-order chi connectivity index (χ1) is 24.6. The summed E-state index contributed by atoms with van der Waals surface area (Å²) in [6.45, 7) is 5.59. The average molecular weight is 739 g/mol. The van der Waals surface area contributed by atoms with Gasteiger partial charge in [0, 0.05) is 62.3 Å². The van der Waals surface area contributed by atoms with Gasteiger partial charge in [0.05, 0.1) is 30.8 Å². The number of urea groups is 1. The Labute approximate surface area is 307 Å². The number of allylic oxidation sites excluding steroid dienone is 1. The topological polar surface area (TPSA) is 110 Å². The third kappa shape index (κ3) is 7.68. The summed E-state index contributed by atoms with van der Waals surface area (Å²) < 4.78 is 39.6. The van der Waals surface area contributed by atoms with E-state index in [2.05, 4.69) is 38.3 Å². The van der Waals surface area contributed by atoms with Crippen molar-refractivity contribution in [3.8, 4) is 5.75 Å². The van der Waals surface area contributed by atoms with Gasteiger partial charge in [-0.3, -0.25) is 9.52 Å². The summed E-state index contributed by atoms with van der Waals surface area (Å²) in [6, 6.07) is 11.2. The molecule has 2 fully saturated rings. The number of hydrogen-bond acceptors (Lipinski definition) is 7. The monoisotopic (exact) mass is 738 g/mol. The van der Waals surface area contributed by atoms with Crippen molar-refractivity contribution in [3.05, 3.63) is 70.3 Å². The fourth-order valence-corrected chi connectivity index (χ4v) is 11.0. The first-order valence-electron chi connectivity index (χ1n) is 18.4. The first kappa shape index (κ1) is 36.2. The number of nitrogens with zero attached hydrogens (tertiary/aromatic N) is 3. The molecule has 10 nitrogen and oxygen atoms in total. The fourth-order valence-electron chi connectivity index (χ4n) is 8.96. The van der Waals surface area contributed by atoms with E-state index in [1.54, 1.807) is 25.2 Å². The molecule has 1 saturated carbocycles. The molecule has 0 aromatic heterocycles. The highest BCUT2D eigenvalue weighted by Gasteiger charge is 2.44. The van der Waals surface area contributed by atoms with E-state index in [1.165, 1.54) is 11.1 Å². The Morgan fingerprint density at radius 2 is 2.02 bits per heavy atom. The molecular weight excluding hydrogens is 688 g/mol. The van der Waals surface area contributed by atoms with Crippen LogP contribution in [0.15, 0.2) is 52.9 Å². The van der Waals surface area contributed by atoms with Crippen LogP contribution in [0, 0.1) is 23.7 Å². The molecule has 3 amide bonds. The van der Waals surface area contributed by atoms with Crippen LogP contribution in [0.3, 0.4) is 0 Å². The zero-order valence-corrected chi connectivity index (χ0v) is 31.6. The van der Waals surface area contributed by atoms with E-state index in [-0.39, 0.29) is 29.1 Å². The highest BCUT2D eigenvalue weighted by molar-refractivity contribution is 7.92. The van der Waals surface area contributed by atoms with Gasteiger partial charge in [0.25, 0.3) is 5.91 Å². The smallest absolute Gasteiger partial charge is 0.329 e. The number of anilines is 1. The third-order valence-electron chi connectivity index (χ3n) is 11.7. The van der Waals surface area contributed by atoms with Crippen molar-refractivity contribution in [3.63, 3.8) is 0 Å². The molecule has 3 heterocycles. The van der Waals surface area contributed by atoms with E-state index >= 15 is 0 Å². The summed E-state index contributed by atoms with van der Waals surface area (Å²) in [7, 11) is -0.0565. The van der Waals surface area contributed by atoms with Gasteiger partial charge in [-0.25, -0.2) is 9.00 Å². The third-order valence-corrected chi connectivity index (χ3v) is 13.9. The van der Waals surface area contributed by atoms with Gasteiger partial charge in [-0.05, 0) is 104 Å². The Morgan fingerprint density at radius 3 is 2.80 bits per heavy atom. The number of amides is 3. The summed E-state index contributed by atoms with van der Waals surface area (Å²) in [4.78, 5) is 31.5. The molecule has 2 aromatic carbocycles. The van der Waals surface area contributed by atoms with Crippen LogP contribution in [0.1, 0.15) is 66.9 Å². The van der Waals surface area contributed by atoms with Gasteiger partial charge in [-0.1, -0.05) is 36.7 Å². The molecule has 2 bridgehead atoms. The molecule has 51 heavy (non-hydrogen) atoms. The number of ether oxygens (including phenoxy) is 3. The van der Waals surface area contributed by atoms with Crippen LogP contribution in [0.2, 0.25) is 5.02 Å². The van der Waals surface area contributed by atoms with E-state index in [9.17, 15) is 13.8 Å². The molecule has 7 atom stereocenters. The Balaban J connectivity index is 1.26. The van der Waals surface area contributed by atoms with E-state index in [4.69, 9.17) is 25.8 Å². The number of carbonyl (C=O) groups excluding carboxylic acids is 2. The van der Waals surface area contributed by atoms with Gasteiger partial charge in [0.1, 0.15) is 15.7 Å². The van der Waals surface area contributed by atoms with Crippen LogP contribution in [0.25, 0.3) is 0 Å². The fraction of sp³-hybridized carbons (Fsp3) is 0.590. The molecule has 1 spiro atoms. The molecule has 276 valence electrons. The van der Waals surface area contributed by atoms with Gasteiger partial charge >= 0.3 is 6.03 Å². The van der Waals surface area contributed by atoms with Gasteiger partial charge in [-0.15, -0.1) is 4.36 Å². The van der Waals surface area contributed by atoms with Crippen molar-refractivity contribution in [2.24, 2.45) is 28.0 Å². The standard InChI is InChI=1S/C39H51ClN4O6S/c1-26-6-4-8-35(49-3)32-12-9-30(32)21-44-24-39(16-5-7-28-18-31(40)11-13-33(28)39)25-50-36-14-10-29(19-34(36)44)37(45)41-51(47,23-26)42-38(46)43-17-15-27(20-43)22-48-2/h4,8,10-11,13-14,18-19,26-27,30,32,35H,5-7,9,12,15-17,20-25H2,1-3H3,(H,41,42,45,46,47)/b8-4-/t26-,27+,30-,32+,35-,39-,51?/m0/s1. The van der Waals surface area contributed by atoms with E-state index in [0.29, 0.717) is 55.9 Å². The predicted molar refractivity (Wildman–Crippen MR) is 200 cm³/mol. The van der Waals surface area contributed by atoms with Crippen LogP contribution < -0.4 is 14.4 Å². The minimum Gasteiger partial charge on any atom is -0.490 e.